The van der Waals surface area contributed by atoms with Crippen LogP contribution in [0.1, 0.15) is 18.5 Å². The number of aryl methyl sites for hydroxylation is 2. The van der Waals surface area contributed by atoms with Crippen LogP contribution in [-0.2, 0) is 6.54 Å². The van der Waals surface area contributed by atoms with Crippen LogP contribution in [0.25, 0.3) is 0 Å². The van der Waals surface area contributed by atoms with Crippen LogP contribution in [0.15, 0.2) is 12.3 Å². The van der Waals surface area contributed by atoms with Gasteiger partial charge < -0.3 is 5.11 Å². The van der Waals surface area contributed by atoms with Gasteiger partial charge in [-0.15, -0.1) is 0 Å². The minimum absolute atomic E-state index is 0.278. The molecule has 1 heterocycles. The molecule has 0 aliphatic carbocycles. The summed E-state index contributed by atoms with van der Waals surface area (Å²) in [5, 5.41) is 12.7. The van der Waals surface area contributed by atoms with Crippen LogP contribution in [0.5, 0.6) is 0 Å². The number of aliphatic hydroxyl groups is 1. The topological polar surface area (TPSA) is 38.0 Å². The first-order valence-electron chi connectivity index (χ1n) is 3.94. The van der Waals surface area contributed by atoms with Crippen molar-refractivity contribution in [2.24, 2.45) is 0 Å². The standard InChI is InChI=1S/C8H14N2O/c1-8-4-6-10(9-8)5-2-3-7-11/h4,6,11H,2-3,5,7H2,1H3. The normalized spacial score (nSPS) is 10.4. The second kappa shape index (κ2) is 4.13. The largest absolute Gasteiger partial charge is 0.396 e. The van der Waals surface area contributed by atoms with Gasteiger partial charge in [-0.25, -0.2) is 0 Å². The van der Waals surface area contributed by atoms with E-state index in [1.54, 1.807) is 0 Å². The first-order valence-corrected chi connectivity index (χ1v) is 3.94. The third-order valence-electron chi connectivity index (χ3n) is 1.57. The average Bonchev–Trinajstić information content (AvgIpc) is 2.37. The van der Waals surface area contributed by atoms with Crippen molar-refractivity contribution in [2.75, 3.05) is 6.61 Å². The second-order valence-corrected chi connectivity index (χ2v) is 2.65. The molecule has 0 spiro atoms. The Hall–Kier alpha value is -0.830. The molecular weight excluding hydrogens is 140 g/mol. The third-order valence-corrected chi connectivity index (χ3v) is 1.57. The van der Waals surface area contributed by atoms with Crippen LogP contribution in [0.3, 0.4) is 0 Å². The van der Waals surface area contributed by atoms with E-state index in [4.69, 9.17) is 5.11 Å². The summed E-state index contributed by atoms with van der Waals surface area (Å²) in [6.07, 6.45) is 3.82. The summed E-state index contributed by atoms with van der Waals surface area (Å²) >= 11 is 0. The van der Waals surface area contributed by atoms with E-state index >= 15 is 0 Å². The molecule has 0 amide bonds. The zero-order valence-electron chi connectivity index (χ0n) is 6.82. The smallest absolute Gasteiger partial charge is 0.0593 e. The van der Waals surface area contributed by atoms with Crippen molar-refractivity contribution in [3.63, 3.8) is 0 Å². The maximum atomic E-state index is 8.52. The van der Waals surface area contributed by atoms with Gasteiger partial charge in [-0.05, 0) is 25.8 Å². The Balaban J connectivity index is 2.27. The molecule has 0 saturated carbocycles. The number of hydrogen-bond acceptors (Lipinski definition) is 2. The maximum absolute atomic E-state index is 8.52. The summed E-state index contributed by atoms with van der Waals surface area (Å²) in [5.74, 6) is 0. The van der Waals surface area contributed by atoms with E-state index in [9.17, 15) is 0 Å². The lowest BCUT2D eigenvalue weighted by Gasteiger charge is -1.98. The van der Waals surface area contributed by atoms with E-state index in [0.29, 0.717) is 0 Å². The molecule has 0 aromatic carbocycles. The summed E-state index contributed by atoms with van der Waals surface area (Å²) in [5.41, 5.74) is 1.05. The molecule has 0 fully saturated rings. The van der Waals surface area contributed by atoms with E-state index in [0.717, 1.165) is 25.1 Å². The Kier molecular flexibility index (Phi) is 3.11. The van der Waals surface area contributed by atoms with Gasteiger partial charge in [0, 0.05) is 19.3 Å². The molecule has 11 heavy (non-hydrogen) atoms. The highest BCUT2D eigenvalue weighted by atomic mass is 16.2. The first-order chi connectivity index (χ1) is 5.33. The van der Waals surface area contributed by atoms with Crippen LogP contribution in [-0.4, -0.2) is 21.5 Å². The van der Waals surface area contributed by atoms with Gasteiger partial charge >= 0.3 is 0 Å². The monoisotopic (exact) mass is 154 g/mol. The SMILES string of the molecule is Cc1ccn(CCCCO)n1. The lowest BCUT2D eigenvalue weighted by atomic mass is 10.3. The minimum Gasteiger partial charge on any atom is -0.396 e. The predicted octanol–water partition coefficient (Wildman–Crippen LogP) is 0.964. The molecule has 1 N–H and O–H groups in total. The summed E-state index contributed by atoms with van der Waals surface area (Å²) in [7, 11) is 0. The fourth-order valence-electron chi connectivity index (χ4n) is 0.973. The van der Waals surface area contributed by atoms with Crippen molar-refractivity contribution < 1.29 is 5.11 Å². The summed E-state index contributed by atoms with van der Waals surface area (Å²) in [6, 6.07) is 1.99. The van der Waals surface area contributed by atoms with E-state index < -0.39 is 0 Å². The molecule has 0 aliphatic heterocycles. The van der Waals surface area contributed by atoms with Gasteiger partial charge in [-0.3, -0.25) is 4.68 Å². The highest BCUT2D eigenvalue weighted by Gasteiger charge is 1.92. The second-order valence-electron chi connectivity index (χ2n) is 2.65. The molecule has 0 unspecified atom stereocenters. The fourth-order valence-corrected chi connectivity index (χ4v) is 0.973. The summed E-state index contributed by atoms with van der Waals surface area (Å²) < 4.78 is 1.91. The van der Waals surface area contributed by atoms with E-state index in [2.05, 4.69) is 5.10 Å². The molecule has 1 rings (SSSR count). The first kappa shape index (κ1) is 8.27. The molecule has 0 saturated heterocycles. The van der Waals surface area contributed by atoms with Crippen molar-refractivity contribution in [3.05, 3.63) is 18.0 Å². The Labute approximate surface area is 66.7 Å². The van der Waals surface area contributed by atoms with Crippen LogP contribution < -0.4 is 0 Å². The molecule has 62 valence electrons. The van der Waals surface area contributed by atoms with Crippen molar-refractivity contribution in [1.29, 1.82) is 0 Å². The predicted molar refractivity (Wildman–Crippen MR) is 43.3 cm³/mol. The van der Waals surface area contributed by atoms with Gasteiger partial charge in [0.05, 0.1) is 5.69 Å². The Morgan fingerprint density at radius 3 is 2.91 bits per heavy atom. The molecule has 0 aliphatic rings. The zero-order valence-corrected chi connectivity index (χ0v) is 6.82. The fraction of sp³-hybridized carbons (Fsp3) is 0.625. The summed E-state index contributed by atoms with van der Waals surface area (Å²) in [6.45, 7) is 3.16. The van der Waals surface area contributed by atoms with Crippen LogP contribution in [0.2, 0.25) is 0 Å². The lowest BCUT2D eigenvalue weighted by molar-refractivity contribution is 0.280. The van der Waals surface area contributed by atoms with Crippen LogP contribution in [0, 0.1) is 6.92 Å². The quantitative estimate of drug-likeness (QED) is 0.656. The van der Waals surface area contributed by atoms with E-state index in [1.807, 2.05) is 23.9 Å². The van der Waals surface area contributed by atoms with Gasteiger partial charge in [0.2, 0.25) is 0 Å². The Bertz CT molecular complexity index is 208. The third kappa shape index (κ3) is 2.72. The summed E-state index contributed by atoms with van der Waals surface area (Å²) in [4.78, 5) is 0. The molecule has 0 atom stereocenters. The highest BCUT2D eigenvalue weighted by Crippen LogP contribution is 1.96. The highest BCUT2D eigenvalue weighted by molar-refractivity contribution is 4.94. The molecule has 3 heteroatoms. The number of nitrogens with zero attached hydrogens (tertiary/aromatic N) is 2. The van der Waals surface area contributed by atoms with Gasteiger partial charge in [-0.1, -0.05) is 0 Å². The Morgan fingerprint density at radius 2 is 2.36 bits per heavy atom. The maximum Gasteiger partial charge on any atom is 0.0593 e. The van der Waals surface area contributed by atoms with Crippen molar-refractivity contribution in [1.82, 2.24) is 9.78 Å². The van der Waals surface area contributed by atoms with Crippen molar-refractivity contribution in [2.45, 2.75) is 26.3 Å². The van der Waals surface area contributed by atoms with Crippen LogP contribution >= 0.6 is 0 Å². The van der Waals surface area contributed by atoms with Gasteiger partial charge in [0.1, 0.15) is 0 Å². The number of hydrogen-bond donors (Lipinski definition) is 1. The molecule has 0 bridgehead atoms. The van der Waals surface area contributed by atoms with E-state index in [-0.39, 0.29) is 6.61 Å². The number of aromatic nitrogens is 2. The van der Waals surface area contributed by atoms with Gasteiger partial charge in [0.25, 0.3) is 0 Å². The number of rotatable bonds is 4. The zero-order chi connectivity index (χ0) is 8.10. The number of aliphatic hydroxyl groups excluding tert-OH is 1. The van der Waals surface area contributed by atoms with Crippen molar-refractivity contribution >= 4 is 0 Å². The minimum atomic E-state index is 0.278. The van der Waals surface area contributed by atoms with E-state index in [1.165, 1.54) is 0 Å². The molecular formula is C8H14N2O. The molecule has 1 aromatic rings. The molecule has 3 nitrogen and oxygen atoms in total. The lowest BCUT2D eigenvalue weighted by Crippen LogP contribution is -1.99. The van der Waals surface area contributed by atoms with Crippen molar-refractivity contribution in [3.8, 4) is 0 Å². The van der Waals surface area contributed by atoms with Gasteiger partial charge in [0.15, 0.2) is 0 Å². The average molecular weight is 154 g/mol. The van der Waals surface area contributed by atoms with Gasteiger partial charge in [-0.2, -0.15) is 5.10 Å². The molecule has 0 radical (unpaired) electrons. The number of unbranched alkanes of at least 4 members (excludes halogenated alkanes) is 1. The van der Waals surface area contributed by atoms with Crippen LogP contribution in [0.4, 0.5) is 0 Å². The Morgan fingerprint density at radius 1 is 1.55 bits per heavy atom. The molecule has 1 aromatic heterocycles.